The SMILES string of the molecule is CC1CCN(C(=O)c2cc(F)cc([N+](=O)[O-])c2Br)C(CN)C1. The van der Waals surface area contributed by atoms with E-state index in [1.165, 1.54) is 0 Å². The lowest BCUT2D eigenvalue weighted by Gasteiger charge is -2.38. The first kappa shape index (κ1) is 16.8. The van der Waals surface area contributed by atoms with Crippen molar-refractivity contribution in [1.29, 1.82) is 0 Å². The van der Waals surface area contributed by atoms with Crippen molar-refractivity contribution in [3.63, 3.8) is 0 Å². The molecule has 1 aromatic rings. The molecule has 1 amide bonds. The van der Waals surface area contributed by atoms with E-state index in [1.54, 1.807) is 4.90 Å². The van der Waals surface area contributed by atoms with E-state index in [2.05, 4.69) is 22.9 Å². The van der Waals surface area contributed by atoms with E-state index in [-0.39, 0.29) is 16.1 Å². The Hall–Kier alpha value is -1.54. The van der Waals surface area contributed by atoms with Crippen molar-refractivity contribution >= 4 is 27.5 Å². The average Bonchev–Trinajstić information content (AvgIpc) is 2.48. The minimum absolute atomic E-state index is 0.00158. The van der Waals surface area contributed by atoms with Gasteiger partial charge >= 0.3 is 0 Å². The van der Waals surface area contributed by atoms with Gasteiger partial charge in [-0.25, -0.2) is 4.39 Å². The van der Waals surface area contributed by atoms with Gasteiger partial charge in [0, 0.05) is 19.1 Å². The molecule has 2 N–H and O–H groups in total. The van der Waals surface area contributed by atoms with Crippen LogP contribution in [0.15, 0.2) is 16.6 Å². The molecule has 1 saturated heterocycles. The second kappa shape index (κ2) is 6.70. The molecule has 0 bridgehead atoms. The standard InChI is InChI=1S/C14H17BrFN3O3/c1-8-2-3-18(10(4-8)7-17)14(20)11-5-9(16)6-12(13(11)15)19(21)22/h5-6,8,10H,2-4,7,17H2,1H3. The van der Waals surface area contributed by atoms with Crippen LogP contribution in [0.4, 0.5) is 10.1 Å². The molecule has 0 saturated carbocycles. The zero-order valence-corrected chi connectivity index (χ0v) is 13.7. The summed E-state index contributed by atoms with van der Waals surface area (Å²) in [6, 6.07) is 1.68. The van der Waals surface area contributed by atoms with E-state index in [9.17, 15) is 19.3 Å². The summed E-state index contributed by atoms with van der Waals surface area (Å²) in [7, 11) is 0. The molecule has 22 heavy (non-hydrogen) atoms. The number of carbonyl (C=O) groups excluding carboxylic acids is 1. The second-order valence-electron chi connectivity index (χ2n) is 5.56. The Morgan fingerprint density at radius 3 is 2.86 bits per heavy atom. The van der Waals surface area contributed by atoms with Crippen molar-refractivity contribution in [3.8, 4) is 0 Å². The number of halogens is 2. The predicted molar refractivity (Wildman–Crippen MR) is 83.0 cm³/mol. The van der Waals surface area contributed by atoms with E-state index in [0.717, 1.165) is 25.0 Å². The maximum atomic E-state index is 13.6. The number of amides is 1. The number of hydrogen-bond acceptors (Lipinski definition) is 4. The van der Waals surface area contributed by atoms with Gasteiger partial charge in [0.1, 0.15) is 10.3 Å². The highest BCUT2D eigenvalue weighted by molar-refractivity contribution is 9.10. The van der Waals surface area contributed by atoms with E-state index in [4.69, 9.17) is 5.73 Å². The molecular weight excluding hydrogens is 357 g/mol. The van der Waals surface area contributed by atoms with Gasteiger partial charge in [0.15, 0.2) is 0 Å². The fourth-order valence-corrected chi connectivity index (χ4v) is 3.30. The molecule has 1 aromatic carbocycles. The molecule has 1 fully saturated rings. The van der Waals surface area contributed by atoms with Gasteiger partial charge in [-0.3, -0.25) is 14.9 Å². The Labute approximate surface area is 135 Å². The third-order valence-electron chi connectivity index (χ3n) is 3.96. The first-order chi connectivity index (χ1) is 10.3. The molecule has 120 valence electrons. The number of likely N-dealkylation sites (tertiary alicyclic amines) is 1. The monoisotopic (exact) mass is 373 g/mol. The number of nitrogens with zero attached hydrogens (tertiary/aromatic N) is 2. The lowest BCUT2D eigenvalue weighted by atomic mass is 9.92. The summed E-state index contributed by atoms with van der Waals surface area (Å²) in [4.78, 5) is 24.5. The van der Waals surface area contributed by atoms with Crippen molar-refractivity contribution in [1.82, 2.24) is 4.90 Å². The lowest BCUT2D eigenvalue weighted by molar-refractivity contribution is -0.385. The van der Waals surface area contributed by atoms with E-state index >= 15 is 0 Å². The Morgan fingerprint density at radius 2 is 2.27 bits per heavy atom. The number of piperidine rings is 1. The maximum Gasteiger partial charge on any atom is 0.287 e. The summed E-state index contributed by atoms with van der Waals surface area (Å²) in [6.45, 7) is 2.91. The van der Waals surface area contributed by atoms with Crippen LogP contribution in [-0.4, -0.2) is 34.9 Å². The van der Waals surface area contributed by atoms with Crippen LogP contribution < -0.4 is 5.73 Å². The van der Waals surface area contributed by atoms with Crippen molar-refractivity contribution in [2.24, 2.45) is 11.7 Å². The van der Waals surface area contributed by atoms with Crippen LogP contribution in [0.1, 0.15) is 30.1 Å². The molecule has 1 heterocycles. The number of carbonyl (C=O) groups is 1. The minimum atomic E-state index is -0.812. The van der Waals surface area contributed by atoms with Crippen LogP contribution >= 0.6 is 15.9 Å². The first-order valence-electron chi connectivity index (χ1n) is 6.99. The Balaban J connectivity index is 2.39. The number of nitro benzene ring substituents is 1. The minimum Gasteiger partial charge on any atom is -0.334 e. The number of nitro groups is 1. The van der Waals surface area contributed by atoms with E-state index in [0.29, 0.717) is 19.0 Å². The van der Waals surface area contributed by atoms with Crippen molar-refractivity contribution in [2.45, 2.75) is 25.8 Å². The predicted octanol–water partition coefficient (Wildman–Crippen LogP) is 2.70. The quantitative estimate of drug-likeness (QED) is 0.651. The highest BCUT2D eigenvalue weighted by atomic mass is 79.9. The first-order valence-corrected chi connectivity index (χ1v) is 7.79. The van der Waals surface area contributed by atoms with Crippen LogP contribution in [0.2, 0.25) is 0 Å². The second-order valence-corrected chi connectivity index (χ2v) is 6.35. The summed E-state index contributed by atoms with van der Waals surface area (Å²) in [5, 5.41) is 11.0. The number of benzene rings is 1. The summed E-state index contributed by atoms with van der Waals surface area (Å²) in [5.41, 5.74) is 5.23. The molecule has 2 atom stereocenters. The van der Waals surface area contributed by atoms with Crippen molar-refractivity contribution < 1.29 is 14.1 Å². The third-order valence-corrected chi connectivity index (χ3v) is 4.79. The molecule has 6 nitrogen and oxygen atoms in total. The van der Waals surface area contributed by atoms with E-state index < -0.39 is 22.3 Å². The zero-order chi connectivity index (χ0) is 16.4. The summed E-state index contributed by atoms with van der Waals surface area (Å²) in [5.74, 6) is -0.785. The molecular formula is C14H17BrFN3O3. The van der Waals surface area contributed by atoms with Gasteiger partial charge in [0.25, 0.3) is 11.6 Å². The summed E-state index contributed by atoms with van der Waals surface area (Å²) < 4.78 is 13.6. The Kier molecular flexibility index (Phi) is 5.12. The zero-order valence-electron chi connectivity index (χ0n) is 12.1. The van der Waals surface area contributed by atoms with Gasteiger partial charge in [-0.1, -0.05) is 6.92 Å². The molecule has 1 aliphatic rings. The van der Waals surface area contributed by atoms with Gasteiger partial charge in [-0.05, 0) is 40.8 Å². The summed E-state index contributed by atoms with van der Waals surface area (Å²) >= 11 is 3.05. The number of nitrogens with two attached hydrogens (primary N) is 1. The maximum absolute atomic E-state index is 13.6. The molecule has 2 unspecified atom stereocenters. The van der Waals surface area contributed by atoms with Gasteiger partial charge in [0.2, 0.25) is 0 Å². The van der Waals surface area contributed by atoms with Crippen molar-refractivity contribution in [2.75, 3.05) is 13.1 Å². The van der Waals surface area contributed by atoms with Crippen LogP contribution in [0.25, 0.3) is 0 Å². The van der Waals surface area contributed by atoms with Crippen LogP contribution in [-0.2, 0) is 0 Å². The molecule has 8 heteroatoms. The molecule has 1 aliphatic heterocycles. The average molecular weight is 374 g/mol. The van der Waals surface area contributed by atoms with Crippen LogP contribution in [0, 0.1) is 21.8 Å². The van der Waals surface area contributed by atoms with Gasteiger partial charge in [-0.2, -0.15) is 0 Å². The highest BCUT2D eigenvalue weighted by Gasteiger charge is 2.32. The van der Waals surface area contributed by atoms with Gasteiger partial charge in [-0.15, -0.1) is 0 Å². The lowest BCUT2D eigenvalue weighted by Crippen LogP contribution is -2.49. The largest absolute Gasteiger partial charge is 0.334 e. The molecule has 2 rings (SSSR count). The van der Waals surface area contributed by atoms with Crippen LogP contribution in [0.5, 0.6) is 0 Å². The summed E-state index contributed by atoms with van der Waals surface area (Å²) in [6.07, 6.45) is 1.61. The smallest absolute Gasteiger partial charge is 0.287 e. The fourth-order valence-electron chi connectivity index (χ4n) is 2.76. The Bertz CT molecular complexity index is 611. The van der Waals surface area contributed by atoms with Gasteiger partial charge in [0.05, 0.1) is 16.6 Å². The van der Waals surface area contributed by atoms with Gasteiger partial charge < -0.3 is 10.6 Å². The van der Waals surface area contributed by atoms with E-state index in [1.807, 2.05) is 0 Å². The molecule has 0 aromatic heterocycles. The normalized spacial score (nSPS) is 21.7. The molecule has 0 aliphatic carbocycles. The third kappa shape index (κ3) is 3.27. The fraction of sp³-hybridized carbons (Fsp3) is 0.500. The molecule has 0 radical (unpaired) electrons. The molecule has 0 spiro atoms. The number of hydrogen-bond donors (Lipinski definition) is 1. The van der Waals surface area contributed by atoms with Crippen molar-refractivity contribution in [3.05, 3.63) is 38.1 Å². The Morgan fingerprint density at radius 1 is 1.59 bits per heavy atom. The highest BCUT2D eigenvalue weighted by Crippen LogP contribution is 2.32. The topological polar surface area (TPSA) is 89.5 Å². The van der Waals surface area contributed by atoms with Crippen LogP contribution in [0.3, 0.4) is 0 Å². The number of rotatable bonds is 3.